The summed E-state index contributed by atoms with van der Waals surface area (Å²) in [5, 5.41) is 11.8. The molecule has 0 aliphatic heterocycles. The normalized spacial score (nSPS) is 10.7. The molecule has 4 rings (SSSR count). The second kappa shape index (κ2) is 10.1. The van der Waals surface area contributed by atoms with Crippen molar-refractivity contribution >= 4 is 29.2 Å². The van der Waals surface area contributed by atoms with Gasteiger partial charge < -0.3 is 25.1 Å². The van der Waals surface area contributed by atoms with Gasteiger partial charge in [-0.1, -0.05) is 35.3 Å². The Hall–Kier alpha value is -3.68. The number of ether oxygens (including phenoxy) is 3. The SMILES string of the molecule is COc1ccc(-c2cnc(N)nc2-c2ccc(OCc3c(Cl)cccc3Cl)cc2O)cc1OC. The van der Waals surface area contributed by atoms with Crippen LogP contribution in [0.15, 0.2) is 60.8 Å². The van der Waals surface area contributed by atoms with Crippen LogP contribution in [-0.4, -0.2) is 29.3 Å². The average Bonchev–Trinajstić information content (AvgIpc) is 2.83. The number of hydrogen-bond acceptors (Lipinski definition) is 7. The number of phenols is 1. The summed E-state index contributed by atoms with van der Waals surface area (Å²) >= 11 is 12.4. The van der Waals surface area contributed by atoms with Crippen molar-refractivity contribution in [3.63, 3.8) is 0 Å². The molecule has 0 amide bonds. The van der Waals surface area contributed by atoms with Gasteiger partial charge in [0.05, 0.1) is 19.9 Å². The highest BCUT2D eigenvalue weighted by Crippen LogP contribution is 2.40. The Bertz CT molecular complexity index is 1330. The molecular weight excluding hydrogens is 477 g/mol. The zero-order chi connectivity index (χ0) is 24.2. The first-order chi connectivity index (χ1) is 16.4. The molecule has 0 aliphatic carbocycles. The van der Waals surface area contributed by atoms with E-state index in [0.29, 0.717) is 49.7 Å². The van der Waals surface area contributed by atoms with Gasteiger partial charge in [-0.15, -0.1) is 0 Å². The minimum Gasteiger partial charge on any atom is -0.507 e. The van der Waals surface area contributed by atoms with Gasteiger partial charge >= 0.3 is 0 Å². The van der Waals surface area contributed by atoms with Crippen molar-refractivity contribution in [3.05, 3.63) is 76.4 Å². The van der Waals surface area contributed by atoms with Crippen LogP contribution in [-0.2, 0) is 6.61 Å². The predicted octanol–water partition coefficient (Wildman–Crippen LogP) is 6.00. The Morgan fingerprint density at radius 1 is 0.912 bits per heavy atom. The number of phenolic OH excluding ortho intramolecular Hbond substituents is 1. The number of rotatable bonds is 7. The highest BCUT2D eigenvalue weighted by atomic mass is 35.5. The van der Waals surface area contributed by atoms with Gasteiger partial charge in [-0.25, -0.2) is 9.97 Å². The smallest absolute Gasteiger partial charge is 0.220 e. The molecule has 0 radical (unpaired) electrons. The minimum atomic E-state index is -0.0393. The maximum absolute atomic E-state index is 10.8. The third kappa shape index (κ3) is 4.81. The van der Waals surface area contributed by atoms with Gasteiger partial charge in [0, 0.05) is 39.0 Å². The van der Waals surface area contributed by atoms with Crippen molar-refractivity contribution in [1.29, 1.82) is 0 Å². The van der Waals surface area contributed by atoms with Gasteiger partial charge in [0.25, 0.3) is 0 Å². The van der Waals surface area contributed by atoms with E-state index in [1.54, 1.807) is 62.9 Å². The van der Waals surface area contributed by atoms with Crippen LogP contribution in [0.5, 0.6) is 23.0 Å². The van der Waals surface area contributed by atoms with E-state index in [9.17, 15) is 5.11 Å². The van der Waals surface area contributed by atoms with E-state index < -0.39 is 0 Å². The van der Waals surface area contributed by atoms with Gasteiger partial charge in [-0.2, -0.15) is 0 Å². The van der Waals surface area contributed by atoms with E-state index in [2.05, 4.69) is 9.97 Å². The zero-order valence-electron chi connectivity index (χ0n) is 18.4. The first-order valence-corrected chi connectivity index (χ1v) is 10.9. The Morgan fingerprint density at radius 2 is 1.65 bits per heavy atom. The lowest BCUT2D eigenvalue weighted by molar-refractivity contribution is 0.304. The number of nitrogens with zero attached hydrogens (tertiary/aromatic N) is 2. The molecule has 0 saturated carbocycles. The first kappa shape index (κ1) is 23.5. The predicted molar refractivity (Wildman–Crippen MR) is 133 cm³/mol. The molecule has 1 heterocycles. The molecule has 0 saturated heterocycles. The van der Waals surface area contributed by atoms with Crippen LogP contribution in [0.3, 0.4) is 0 Å². The average molecular weight is 498 g/mol. The summed E-state index contributed by atoms with van der Waals surface area (Å²) in [4.78, 5) is 8.51. The lowest BCUT2D eigenvalue weighted by Gasteiger charge is -2.14. The van der Waals surface area contributed by atoms with E-state index in [1.807, 2.05) is 6.07 Å². The largest absolute Gasteiger partial charge is 0.507 e. The van der Waals surface area contributed by atoms with E-state index >= 15 is 0 Å². The molecule has 0 atom stereocenters. The Labute approximate surface area is 206 Å². The van der Waals surface area contributed by atoms with E-state index in [-0.39, 0.29) is 18.3 Å². The monoisotopic (exact) mass is 497 g/mol. The van der Waals surface area contributed by atoms with Crippen molar-refractivity contribution in [2.75, 3.05) is 20.0 Å². The van der Waals surface area contributed by atoms with Gasteiger partial charge in [0.1, 0.15) is 18.1 Å². The van der Waals surface area contributed by atoms with Gasteiger partial charge in [0.15, 0.2) is 11.5 Å². The number of benzene rings is 3. The molecule has 0 unspecified atom stereocenters. The molecule has 0 aliphatic rings. The van der Waals surface area contributed by atoms with Crippen LogP contribution in [0.1, 0.15) is 5.56 Å². The van der Waals surface area contributed by atoms with Crippen LogP contribution >= 0.6 is 23.2 Å². The number of nitrogen functional groups attached to an aromatic ring is 1. The van der Waals surface area contributed by atoms with Gasteiger partial charge in [-0.3, -0.25) is 0 Å². The lowest BCUT2D eigenvalue weighted by Crippen LogP contribution is -2.00. The number of aromatic hydroxyl groups is 1. The molecule has 1 aromatic heterocycles. The van der Waals surface area contributed by atoms with E-state index in [0.717, 1.165) is 5.56 Å². The van der Waals surface area contributed by atoms with Crippen LogP contribution in [0.4, 0.5) is 5.95 Å². The van der Waals surface area contributed by atoms with Crippen molar-refractivity contribution in [1.82, 2.24) is 9.97 Å². The molecule has 0 fully saturated rings. The number of halogens is 2. The van der Waals surface area contributed by atoms with Crippen molar-refractivity contribution in [3.8, 4) is 45.4 Å². The number of aromatic nitrogens is 2. The van der Waals surface area contributed by atoms with E-state index in [1.165, 1.54) is 6.07 Å². The molecule has 7 nitrogen and oxygen atoms in total. The summed E-state index contributed by atoms with van der Waals surface area (Å²) in [6.45, 7) is 0.147. The Balaban J connectivity index is 1.68. The zero-order valence-corrected chi connectivity index (χ0v) is 19.9. The third-order valence-corrected chi connectivity index (χ3v) is 5.88. The van der Waals surface area contributed by atoms with E-state index in [4.69, 9.17) is 43.1 Å². The van der Waals surface area contributed by atoms with Gasteiger partial charge in [-0.05, 0) is 42.0 Å². The Kier molecular flexibility index (Phi) is 6.95. The van der Waals surface area contributed by atoms with Crippen molar-refractivity contribution in [2.24, 2.45) is 0 Å². The maximum Gasteiger partial charge on any atom is 0.220 e. The number of methoxy groups -OCH3 is 2. The van der Waals surface area contributed by atoms with Crippen molar-refractivity contribution < 1.29 is 19.3 Å². The molecule has 3 aromatic carbocycles. The highest BCUT2D eigenvalue weighted by Gasteiger charge is 2.17. The fraction of sp³-hybridized carbons (Fsp3) is 0.120. The fourth-order valence-corrected chi connectivity index (χ4v) is 3.95. The van der Waals surface area contributed by atoms with Gasteiger partial charge in [0.2, 0.25) is 5.95 Å². The Morgan fingerprint density at radius 3 is 2.32 bits per heavy atom. The van der Waals surface area contributed by atoms with Crippen LogP contribution in [0, 0.1) is 0 Å². The molecule has 9 heteroatoms. The van der Waals surface area contributed by atoms with Crippen LogP contribution in [0.2, 0.25) is 10.0 Å². The fourth-order valence-electron chi connectivity index (χ4n) is 3.44. The summed E-state index contributed by atoms with van der Waals surface area (Å²) in [6, 6.07) is 15.6. The molecule has 0 spiro atoms. The lowest BCUT2D eigenvalue weighted by atomic mass is 9.99. The molecule has 4 aromatic rings. The summed E-state index contributed by atoms with van der Waals surface area (Å²) in [5.41, 5.74) is 8.86. The highest BCUT2D eigenvalue weighted by molar-refractivity contribution is 6.35. The quantitative estimate of drug-likeness (QED) is 0.322. The van der Waals surface area contributed by atoms with Crippen LogP contribution < -0.4 is 19.9 Å². The van der Waals surface area contributed by atoms with Crippen molar-refractivity contribution in [2.45, 2.75) is 6.61 Å². The molecule has 0 bridgehead atoms. The molecule has 3 N–H and O–H groups in total. The number of nitrogens with two attached hydrogens (primary N) is 1. The summed E-state index contributed by atoms with van der Waals surface area (Å²) in [6.07, 6.45) is 1.60. The second-order valence-corrected chi connectivity index (χ2v) is 8.04. The summed E-state index contributed by atoms with van der Waals surface area (Å²) in [7, 11) is 3.12. The molecule has 174 valence electrons. The standard InChI is InChI=1S/C25H21Cl2N3O4/c1-32-22-9-6-14(10-23(22)33-2)17-12-29-25(28)30-24(17)16-8-7-15(11-21(16)31)34-13-18-19(26)4-3-5-20(18)27/h3-12,31H,13H2,1-2H3,(H2,28,29,30). The molecule has 34 heavy (non-hydrogen) atoms. The second-order valence-electron chi connectivity index (χ2n) is 7.23. The summed E-state index contributed by atoms with van der Waals surface area (Å²) in [5.74, 6) is 1.61. The third-order valence-electron chi connectivity index (χ3n) is 5.17. The number of anilines is 1. The maximum atomic E-state index is 10.8. The number of hydrogen-bond donors (Lipinski definition) is 2. The first-order valence-electron chi connectivity index (χ1n) is 10.1. The minimum absolute atomic E-state index is 0.0393. The topological polar surface area (TPSA) is 99.7 Å². The van der Waals surface area contributed by atoms with Crippen LogP contribution in [0.25, 0.3) is 22.4 Å². The molecular formula is C25H21Cl2N3O4. The summed E-state index contributed by atoms with van der Waals surface area (Å²) < 4.78 is 16.5.